The number of benzene rings is 3. The molecule has 6 heterocycles. The van der Waals surface area contributed by atoms with Crippen LogP contribution in [0, 0.1) is 23.2 Å². The maximum atomic E-state index is 15.8. The number of pyridine rings is 1. The summed E-state index contributed by atoms with van der Waals surface area (Å²) in [6.07, 6.45) is 3.31. The van der Waals surface area contributed by atoms with Crippen molar-refractivity contribution in [1.29, 1.82) is 5.41 Å². The summed E-state index contributed by atoms with van der Waals surface area (Å²) >= 11 is 0.767. The molecule has 3 fully saturated rings. The highest BCUT2D eigenvalue weighted by Gasteiger charge is 2.47. The molecule has 0 unspecified atom stereocenters. The number of fused-ring (bicyclic) bond motifs is 4. The van der Waals surface area contributed by atoms with Crippen molar-refractivity contribution >= 4 is 140 Å². The second-order valence-electron chi connectivity index (χ2n) is 35.9. The number of amides is 15. The first-order chi connectivity index (χ1) is 65.3. The molecule has 3 aromatic heterocycles. The standard InChI is InChI=1S/C95H131N21O20S/c1-9-11-24-74-88(130)106-67(23-17-33-101-95(98)99)86(128)111-73(85(127)104-48-81(97)123)51-137-52-82(124)105-70(39-55-27-29-61(118)30-28-55)91(133)112(6)54(5)83(125)108-71(45-80(96)122)92(134)115-36-18-26-75(115)89(131)107-68(38-56-31-34-100-35-32-56)87(129)109-69(37-53(3)4)93(135)116-49-62(119)44-77(116)79(121)42-57(40-59-46-102-65-21-15-13-19-63(59)65)84(126)110-72(50-117)78(120)43-58(41-60-47-103-66-22-16-14-20-64(60)66)90(132)114(8)76(25-12-10-2)94(136)113(74)7/h13-16,19-22,27-32,34-35,46-47,53-54,57-58,62,67-77,102-103,117-119H,9-12,17-18,23-26,33,36-45,48-52H2,1-8H3,(H2,96,122)(H2,97,123)(H,104,127)(H,105,124)(H,106,130)(H,107,131)(H,108,125)(H,109,129)(H,110,126)(H,111,128)(H4,98,99,101)/t54-,57+,58+,62+,67-,68-,69-,70-,71-,72-,73-,74-,75-,76-,77-/m0/s1. The first kappa shape index (κ1) is 107. The molecule has 0 spiro atoms. The number of guanidine groups is 1. The Hall–Kier alpha value is -13.4. The van der Waals surface area contributed by atoms with Gasteiger partial charge in [-0.15, -0.1) is 11.8 Å². The minimum atomic E-state index is -1.78. The number of primary amides is 2. The Kier molecular flexibility index (Phi) is 40.4. The SMILES string of the molecule is CCCC[C@H]1C(=O)N(C)[C@@H](CCCC)C(=O)N[C@@H](CCCNC(=N)N)C(=O)N[C@H](C(=O)NCC(N)=O)CSCC(=O)N[C@@H](Cc2ccc(O)cc2)C(=O)N(C)[C@@H](C)C(=O)N[C@@H](CC(N)=O)C(=O)N2CCC[C@H]2C(=O)N[C@@H](Cc2ccncc2)C(=O)N[C@@H](CC(C)C)C(=O)N2C[C@H](O)C[C@H]2C(=O)C[C@@H](Cc2c[nH]c3ccccc23)C(=O)N[C@@H](CO)C(=O)C[C@@H](Cc2c[nH]c3ccccc23)C(=O)N1C. The van der Waals surface area contributed by atoms with E-state index in [9.17, 15) is 58.5 Å². The van der Waals surface area contributed by atoms with Crippen LogP contribution in [-0.4, -0.2) is 305 Å². The molecular formula is C95H131N21O20S. The number of aromatic hydroxyl groups is 1. The van der Waals surface area contributed by atoms with Crippen molar-refractivity contribution in [1.82, 2.24) is 87.3 Å². The third-order valence-electron chi connectivity index (χ3n) is 25.1. The van der Waals surface area contributed by atoms with Crippen molar-refractivity contribution < 1.29 is 96.8 Å². The van der Waals surface area contributed by atoms with Gasteiger partial charge >= 0.3 is 0 Å². The number of aliphatic hydroxyl groups excluding tert-OH is 2. The lowest BCUT2D eigenvalue weighted by molar-refractivity contribution is -0.150. The molecule has 137 heavy (non-hydrogen) atoms. The van der Waals surface area contributed by atoms with Crippen molar-refractivity contribution in [3.63, 3.8) is 0 Å². The van der Waals surface area contributed by atoms with Gasteiger partial charge in [-0.25, -0.2) is 0 Å². The molecule has 6 aromatic rings. The number of hydrogen-bond acceptors (Lipinski definition) is 23. The lowest BCUT2D eigenvalue weighted by Crippen LogP contribution is -2.60. The van der Waals surface area contributed by atoms with Crippen LogP contribution in [-0.2, 0) is 107 Å². The number of likely N-dealkylation sites (N-methyl/N-ethyl adjacent to an activating group) is 3. The lowest BCUT2D eigenvalue weighted by atomic mass is 9.88. The first-order valence-electron chi connectivity index (χ1n) is 46.4. The topological polar surface area (TPSA) is 622 Å². The zero-order valence-corrected chi connectivity index (χ0v) is 79.4. The van der Waals surface area contributed by atoms with E-state index in [0.29, 0.717) is 69.7 Å². The normalized spacial score (nSPS) is 24.7. The van der Waals surface area contributed by atoms with Gasteiger partial charge in [0, 0.05) is 137 Å². The zero-order chi connectivity index (χ0) is 100. The molecule has 9 rings (SSSR count). The molecule has 0 aliphatic carbocycles. The van der Waals surface area contributed by atoms with Crippen molar-refractivity contribution in [2.45, 2.75) is 235 Å². The number of nitrogens with zero attached hydrogens (tertiary/aromatic N) is 6. The summed E-state index contributed by atoms with van der Waals surface area (Å²) in [4.78, 5) is 268. The molecule has 15 atom stereocenters. The Morgan fingerprint density at radius 3 is 1.73 bits per heavy atom. The van der Waals surface area contributed by atoms with Gasteiger partial charge in [-0.1, -0.05) is 102 Å². The fourth-order valence-electron chi connectivity index (χ4n) is 17.5. The number of thioether (sulfide) groups is 1. The average Bonchev–Trinajstić information content (AvgIpc) is 1.67. The van der Waals surface area contributed by atoms with Gasteiger partial charge < -0.3 is 115 Å². The van der Waals surface area contributed by atoms with E-state index in [0.717, 1.165) is 26.5 Å². The Morgan fingerprint density at radius 1 is 0.555 bits per heavy atom. The van der Waals surface area contributed by atoms with E-state index in [2.05, 4.69) is 62.8 Å². The van der Waals surface area contributed by atoms with Crippen LogP contribution < -0.4 is 65.1 Å². The maximum absolute atomic E-state index is 15.8. The van der Waals surface area contributed by atoms with Crippen LogP contribution in [0.1, 0.15) is 153 Å². The van der Waals surface area contributed by atoms with Gasteiger partial charge in [0.05, 0.1) is 37.5 Å². The quantitative estimate of drug-likeness (QED) is 0.0192. The number of H-pyrrole nitrogens is 2. The lowest BCUT2D eigenvalue weighted by Gasteiger charge is -2.36. The van der Waals surface area contributed by atoms with E-state index >= 15 is 38.4 Å². The number of phenolic OH excluding ortho intramolecular Hbond substituents is 1. The minimum Gasteiger partial charge on any atom is -0.508 e. The number of aliphatic hydroxyl groups is 2. The summed E-state index contributed by atoms with van der Waals surface area (Å²) in [6.45, 7) is 6.25. The number of hydrogen-bond donors (Lipinski definition) is 18. The highest BCUT2D eigenvalue weighted by Crippen LogP contribution is 2.32. The van der Waals surface area contributed by atoms with Gasteiger partial charge in [0.15, 0.2) is 17.5 Å². The Balaban J connectivity index is 1.11. The fraction of sp³-hybridized carbons (Fsp3) is 0.526. The summed E-state index contributed by atoms with van der Waals surface area (Å²) in [7, 11) is 3.98. The number of aromatic amines is 2. The van der Waals surface area contributed by atoms with Gasteiger partial charge in [0.25, 0.3) is 0 Å². The number of ketones is 2. The average molecular weight is 1920 g/mol. The van der Waals surface area contributed by atoms with E-state index in [-0.39, 0.29) is 102 Å². The third-order valence-corrected chi connectivity index (χ3v) is 26.2. The van der Waals surface area contributed by atoms with Gasteiger partial charge in [-0.2, -0.15) is 0 Å². The molecule has 42 heteroatoms. The van der Waals surface area contributed by atoms with Gasteiger partial charge in [0.1, 0.15) is 72.2 Å². The summed E-state index contributed by atoms with van der Waals surface area (Å²) in [6, 6.07) is 4.87. The molecule has 0 bridgehead atoms. The Bertz CT molecular complexity index is 5290. The second-order valence-corrected chi connectivity index (χ2v) is 36.9. The van der Waals surface area contributed by atoms with Crippen LogP contribution in [0.25, 0.3) is 21.8 Å². The molecule has 742 valence electrons. The number of carbonyl (C=O) groups excluding carboxylic acids is 17. The van der Waals surface area contributed by atoms with E-state index in [4.69, 9.17) is 22.6 Å². The van der Waals surface area contributed by atoms with Crippen molar-refractivity contribution in [2.24, 2.45) is 35.0 Å². The van der Waals surface area contributed by atoms with Crippen LogP contribution in [0.3, 0.4) is 0 Å². The predicted molar refractivity (Wildman–Crippen MR) is 508 cm³/mol. The summed E-state index contributed by atoms with van der Waals surface area (Å²) in [5, 5.41) is 66.2. The minimum absolute atomic E-state index is 0.00517. The van der Waals surface area contributed by atoms with Crippen molar-refractivity contribution in [3.05, 3.63) is 132 Å². The number of Topliss-reactive ketones (excluding diaryl/α,β-unsaturated/α-hetero) is 2. The molecule has 21 N–H and O–H groups in total. The molecule has 0 radical (unpaired) electrons. The van der Waals surface area contributed by atoms with Gasteiger partial charge in [0.2, 0.25) is 88.6 Å². The number of unbranched alkanes of at least 4 members (excludes halogenated alkanes) is 2. The van der Waals surface area contributed by atoms with E-state index < -0.39 is 247 Å². The number of phenols is 1. The molecule has 3 aliphatic rings. The molecule has 3 saturated heterocycles. The molecule has 41 nitrogen and oxygen atoms in total. The summed E-state index contributed by atoms with van der Waals surface area (Å²) in [5.74, 6) is -19.7. The van der Waals surface area contributed by atoms with Crippen LogP contribution in [0.5, 0.6) is 5.75 Å². The van der Waals surface area contributed by atoms with Crippen LogP contribution in [0.4, 0.5) is 0 Å². The molecule has 0 saturated carbocycles. The van der Waals surface area contributed by atoms with E-state index in [1.807, 2.05) is 19.9 Å². The van der Waals surface area contributed by atoms with E-state index in [1.165, 1.54) is 74.5 Å². The smallest absolute Gasteiger partial charge is 0.246 e. The fourth-order valence-corrected chi connectivity index (χ4v) is 18.3. The number of nitrogens with two attached hydrogens (primary N) is 3. The van der Waals surface area contributed by atoms with Crippen molar-refractivity contribution in [2.75, 3.05) is 65.4 Å². The Morgan fingerprint density at radius 2 is 1.12 bits per heavy atom. The van der Waals surface area contributed by atoms with Gasteiger partial charge in [-0.05, 0) is 129 Å². The predicted octanol–water partition coefficient (Wildman–Crippen LogP) is -0.0757. The summed E-state index contributed by atoms with van der Waals surface area (Å²) in [5.41, 5.74) is 20.2. The largest absolute Gasteiger partial charge is 0.508 e. The zero-order valence-electron chi connectivity index (χ0n) is 78.6. The molecule has 3 aliphatic heterocycles. The number of rotatable bonds is 26. The van der Waals surface area contributed by atoms with Crippen LogP contribution >= 0.6 is 11.8 Å². The number of para-hydroxylation sites is 2. The van der Waals surface area contributed by atoms with Crippen LogP contribution in [0.2, 0.25) is 0 Å². The maximum Gasteiger partial charge on any atom is 0.246 e. The number of aromatic nitrogens is 3. The molecule has 3 aromatic carbocycles. The second kappa shape index (κ2) is 51.5. The number of carbonyl (C=O) groups is 17. The summed E-state index contributed by atoms with van der Waals surface area (Å²) < 4.78 is 0. The third kappa shape index (κ3) is 30.3. The van der Waals surface area contributed by atoms with E-state index in [1.54, 1.807) is 80.8 Å². The first-order valence-corrected chi connectivity index (χ1v) is 47.6. The Labute approximate surface area is 798 Å². The highest BCUT2D eigenvalue weighted by molar-refractivity contribution is 8.00. The van der Waals surface area contributed by atoms with Crippen LogP contribution in [0.15, 0.2) is 110 Å². The van der Waals surface area contributed by atoms with Gasteiger partial charge in [-0.3, -0.25) is 91.9 Å². The molecule has 15 amide bonds. The molecular weight excluding hydrogens is 1790 g/mol. The monoisotopic (exact) mass is 1920 g/mol. The highest BCUT2D eigenvalue weighted by atomic mass is 32.2. The number of nitrogens with one attached hydrogen (secondary N) is 12. The van der Waals surface area contributed by atoms with Crippen molar-refractivity contribution in [3.8, 4) is 5.75 Å².